The third kappa shape index (κ3) is 2.14. The van der Waals surface area contributed by atoms with Crippen molar-refractivity contribution in [2.45, 2.75) is 18.8 Å². The predicted octanol–water partition coefficient (Wildman–Crippen LogP) is 1.30. The third-order valence-corrected chi connectivity index (χ3v) is 2.91. The molecule has 1 aliphatic heterocycles. The summed E-state index contributed by atoms with van der Waals surface area (Å²) in [4.78, 5) is 0. The van der Waals surface area contributed by atoms with Crippen LogP contribution in [0.1, 0.15) is 23.5 Å². The maximum Gasteiger partial charge on any atom is 0.0471 e. The first-order chi connectivity index (χ1) is 6.90. The molecular formula is C12H17NO. The molecule has 0 radical (unpaired) electrons. The Morgan fingerprint density at radius 1 is 1.29 bits per heavy atom. The van der Waals surface area contributed by atoms with Crippen LogP contribution in [0, 0.1) is 0 Å². The second kappa shape index (κ2) is 4.58. The fraction of sp³-hybridized carbons (Fsp3) is 0.500. The molecular weight excluding hydrogens is 174 g/mol. The van der Waals surface area contributed by atoms with Crippen molar-refractivity contribution >= 4 is 0 Å². The van der Waals surface area contributed by atoms with Crippen LogP contribution in [0.5, 0.6) is 0 Å². The van der Waals surface area contributed by atoms with Gasteiger partial charge in [0, 0.05) is 13.2 Å². The van der Waals surface area contributed by atoms with Crippen molar-refractivity contribution in [3.63, 3.8) is 0 Å². The van der Waals surface area contributed by atoms with Crippen molar-refractivity contribution in [2.75, 3.05) is 19.7 Å². The highest BCUT2D eigenvalue weighted by Gasteiger charge is 2.15. The summed E-state index contributed by atoms with van der Waals surface area (Å²) in [5.41, 5.74) is 2.65. The Kier molecular flexibility index (Phi) is 3.17. The zero-order valence-corrected chi connectivity index (χ0v) is 8.37. The van der Waals surface area contributed by atoms with Crippen LogP contribution < -0.4 is 5.32 Å². The van der Waals surface area contributed by atoms with Gasteiger partial charge in [0.25, 0.3) is 0 Å². The Hall–Kier alpha value is -0.860. The first-order valence-corrected chi connectivity index (χ1v) is 5.30. The van der Waals surface area contributed by atoms with Gasteiger partial charge in [-0.15, -0.1) is 0 Å². The van der Waals surface area contributed by atoms with Crippen LogP contribution in [-0.2, 0) is 6.42 Å². The lowest BCUT2D eigenvalue weighted by Crippen LogP contribution is -2.07. The molecule has 0 saturated carbocycles. The van der Waals surface area contributed by atoms with Gasteiger partial charge in [-0.3, -0.25) is 0 Å². The minimum Gasteiger partial charge on any atom is -0.396 e. The number of aliphatic hydroxyl groups is 1. The molecule has 0 spiro atoms. The molecule has 76 valence electrons. The van der Waals surface area contributed by atoms with Gasteiger partial charge in [-0.2, -0.15) is 0 Å². The van der Waals surface area contributed by atoms with E-state index >= 15 is 0 Å². The predicted molar refractivity (Wildman–Crippen MR) is 57.5 cm³/mol. The van der Waals surface area contributed by atoms with Crippen molar-refractivity contribution in [1.82, 2.24) is 5.32 Å². The van der Waals surface area contributed by atoms with Crippen molar-refractivity contribution < 1.29 is 5.11 Å². The molecule has 1 fully saturated rings. The molecule has 1 aromatic rings. The molecule has 2 nitrogen and oxygen atoms in total. The fourth-order valence-corrected chi connectivity index (χ4v) is 2.02. The quantitative estimate of drug-likeness (QED) is 0.754. The summed E-state index contributed by atoms with van der Waals surface area (Å²) in [6, 6.07) is 8.65. The Morgan fingerprint density at radius 3 is 2.64 bits per heavy atom. The van der Waals surface area contributed by atoms with Gasteiger partial charge in [-0.05, 0) is 36.4 Å². The Bertz CT molecular complexity index is 275. The van der Waals surface area contributed by atoms with Gasteiger partial charge in [0.15, 0.2) is 0 Å². The number of hydrogen-bond donors (Lipinski definition) is 2. The smallest absolute Gasteiger partial charge is 0.0471 e. The molecule has 0 aromatic heterocycles. The molecule has 1 atom stereocenters. The summed E-state index contributed by atoms with van der Waals surface area (Å²) in [5, 5.41) is 12.2. The molecule has 1 aromatic carbocycles. The number of aliphatic hydroxyl groups excluding tert-OH is 1. The summed E-state index contributed by atoms with van der Waals surface area (Å²) >= 11 is 0. The monoisotopic (exact) mass is 191 g/mol. The highest BCUT2D eigenvalue weighted by atomic mass is 16.2. The van der Waals surface area contributed by atoms with Gasteiger partial charge >= 0.3 is 0 Å². The summed E-state index contributed by atoms with van der Waals surface area (Å²) < 4.78 is 0. The topological polar surface area (TPSA) is 32.3 Å². The lowest BCUT2D eigenvalue weighted by atomic mass is 9.97. The molecule has 1 aliphatic rings. The minimum absolute atomic E-state index is 0.240. The number of hydrogen-bond acceptors (Lipinski definition) is 2. The van der Waals surface area contributed by atoms with E-state index in [1.165, 1.54) is 17.5 Å². The van der Waals surface area contributed by atoms with Crippen LogP contribution in [0.2, 0.25) is 0 Å². The van der Waals surface area contributed by atoms with E-state index in [-0.39, 0.29) is 6.61 Å². The van der Waals surface area contributed by atoms with Gasteiger partial charge in [-0.25, -0.2) is 0 Å². The largest absolute Gasteiger partial charge is 0.396 e. The van der Waals surface area contributed by atoms with Crippen LogP contribution in [0.4, 0.5) is 0 Å². The molecule has 2 rings (SSSR count). The average Bonchev–Trinajstić information content (AvgIpc) is 2.72. The van der Waals surface area contributed by atoms with Crippen molar-refractivity contribution in [3.05, 3.63) is 35.4 Å². The first kappa shape index (κ1) is 9.69. The van der Waals surface area contributed by atoms with Crippen LogP contribution >= 0.6 is 0 Å². The van der Waals surface area contributed by atoms with Crippen LogP contribution in [0.25, 0.3) is 0 Å². The standard InChI is InChI=1S/C12H17NO/c14-8-6-10-1-3-11(4-2-10)12-5-7-13-9-12/h1-4,12-14H,5-9H2. The van der Waals surface area contributed by atoms with E-state index in [1.54, 1.807) is 0 Å². The van der Waals surface area contributed by atoms with E-state index in [0.29, 0.717) is 5.92 Å². The summed E-state index contributed by atoms with van der Waals surface area (Å²) in [6.45, 7) is 2.49. The van der Waals surface area contributed by atoms with Crippen molar-refractivity contribution in [1.29, 1.82) is 0 Å². The molecule has 0 aliphatic carbocycles. The normalized spacial score (nSPS) is 21.4. The highest BCUT2D eigenvalue weighted by Crippen LogP contribution is 2.22. The van der Waals surface area contributed by atoms with Gasteiger partial charge < -0.3 is 10.4 Å². The molecule has 0 amide bonds. The molecule has 1 saturated heterocycles. The van der Waals surface area contributed by atoms with Gasteiger partial charge in [0.2, 0.25) is 0 Å². The Labute approximate surface area is 85.0 Å². The molecule has 0 bridgehead atoms. The van der Waals surface area contributed by atoms with Crippen molar-refractivity contribution in [2.24, 2.45) is 0 Å². The fourth-order valence-electron chi connectivity index (χ4n) is 2.02. The third-order valence-electron chi connectivity index (χ3n) is 2.91. The second-order valence-electron chi connectivity index (χ2n) is 3.90. The van der Waals surface area contributed by atoms with Gasteiger partial charge in [-0.1, -0.05) is 24.3 Å². The maximum absolute atomic E-state index is 8.79. The second-order valence-corrected chi connectivity index (χ2v) is 3.90. The summed E-state index contributed by atoms with van der Waals surface area (Å²) in [7, 11) is 0. The zero-order chi connectivity index (χ0) is 9.80. The van der Waals surface area contributed by atoms with Crippen molar-refractivity contribution in [3.8, 4) is 0 Å². The van der Waals surface area contributed by atoms with E-state index in [4.69, 9.17) is 5.11 Å². The SMILES string of the molecule is OCCc1ccc(C2CCNC2)cc1. The van der Waals surface area contributed by atoms with Gasteiger partial charge in [0.05, 0.1) is 0 Å². The summed E-state index contributed by atoms with van der Waals surface area (Å²) in [6.07, 6.45) is 2.02. The molecule has 2 N–H and O–H groups in total. The van der Waals surface area contributed by atoms with E-state index in [9.17, 15) is 0 Å². The molecule has 2 heteroatoms. The number of nitrogens with one attached hydrogen (secondary N) is 1. The molecule has 1 heterocycles. The maximum atomic E-state index is 8.79. The lowest BCUT2D eigenvalue weighted by Gasteiger charge is -2.09. The Balaban J connectivity index is 2.05. The zero-order valence-electron chi connectivity index (χ0n) is 8.37. The number of rotatable bonds is 3. The Morgan fingerprint density at radius 2 is 2.07 bits per heavy atom. The van der Waals surface area contributed by atoms with E-state index in [1.807, 2.05) is 0 Å². The molecule has 14 heavy (non-hydrogen) atoms. The first-order valence-electron chi connectivity index (χ1n) is 5.30. The minimum atomic E-state index is 0.240. The average molecular weight is 191 g/mol. The van der Waals surface area contributed by atoms with E-state index < -0.39 is 0 Å². The van der Waals surface area contributed by atoms with E-state index in [2.05, 4.69) is 29.6 Å². The lowest BCUT2D eigenvalue weighted by molar-refractivity contribution is 0.299. The number of benzene rings is 1. The van der Waals surface area contributed by atoms with E-state index in [0.717, 1.165) is 19.5 Å². The molecule has 1 unspecified atom stereocenters. The van der Waals surface area contributed by atoms with Gasteiger partial charge in [0.1, 0.15) is 0 Å². The highest BCUT2D eigenvalue weighted by molar-refractivity contribution is 5.26. The van der Waals surface area contributed by atoms with Crippen LogP contribution in [0.15, 0.2) is 24.3 Å². The van der Waals surface area contributed by atoms with Crippen LogP contribution in [-0.4, -0.2) is 24.8 Å². The summed E-state index contributed by atoms with van der Waals surface area (Å²) in [5.74, 6) is 0.693. The van der Waals surface area contributed by atoms with Crippen LogP contribution in [0.3, 0.4) is 0 Å².